The molecule has 9 nitrogen and oxygen atoms in total. The summed E-state index contributed by atoms with van der Waals surface area (Å²) in [5, 5.41) is 14.9. The Morgan fingerprint density at radius 3 is 2.47 bits per heavy atom. The highest BCUT2D eigenvalue weighted by molar-refractivity contribution is 5.95. The topological polar surface area (TPSA) is 116 Å². The van der Waals surface area contributed by atoms with E-state index in [2.05, 4.69) is 10.5 Å². The highest BCUT2D eigenvalue weighted by atomic mass is 19.1. The molecule has 0 aliphatic carbocycles. The number of benzene rings is 2. The number of halogens is 1. The van der Waals surface area contributed by atoms with Crippen LogP contribution >= 0.6 is 0 Å². The predicted molar refractivity (Wildman–Crippen MR) is 105 cm³/mol. The number of rotatable bonds is 7. The van der Waals surface area contributed by atoms with Crippen LogP contribution in [0.2, 0.25) is 0 Å². The lowest BCUT2D eigenvalue weighted by molar-refractivity contribution is -0.384. The first-order valence-electron chi connectivity index (χ1n) is 8.52. The molecule has 0 spiro atoms. The van der Waals surface area contributed by atoms with Crippen molar-refractivity contribution in [2.24, 2.45) is 5.10 Å². The first-order valence-corrected chi connectivity index (χ1v) is 8.52. The van der Waals surface area contributed by atoms with Gasteiger partial charge in [-0.05, 0) is 36.4 Å². The second kappa shape index (κ2) is 8.86. The second-order valence-electron chi connectivity index (χ2n) is 5.92. The fourth-order valence-electron chi connectivity index (χ4n) is 2.59. The molecule has 0 unspecified atom stereocenters. The summed E-state index contributed by atoms with van der Waals surface area (Å²) in [6, 6.07) is 10.8. The van der Waals surface area contributed by atoms with Crippen molar-refractivity contribution in [1.82, 2.24) is 5.43 Å². The van der Waals surface area contributed by atoms with Gasteiger partial charge in [-0.2, -0.15) is 5.10 Å². The summed E-state index contributed by atoms with van der Waals surface area (Å²) < 4.78 is 29.0. The summed E-state index contributed by atoms with van der Waals surface area (Å²) in [5.74, 6) is 0.0410. The van der Waals surface area contributed by atoms with Crippen LogP contribution in [0.5, 0.6) is 11.5 Å². The monoisotopic (exact) mass is 413 g/mol. The Hall–Kier alpha value is -4.21. The number of furan rings is 1. The Bertz CT molecular complexity index is 1100. The van der Waals surface area contributed by atoms with Gasteiger partial charge in [-0.1, -0.05) is 0 Å². The molecular weight excluding hydrogens is 397 g/mol. The number of carbonyl (C=O) groups excluding carboxylic acids is 1. The van der Waals surface area contributed by atoms with E-state index in [1.807, 2.05) is 0 Å². The minimum absolute atomic E-state index is 0.119. The van der Waals surface area contributed by atoms with Crippen molar-refractivity contribution in [3.8, 4) is 22.8 Å². The van der Waals surface area contributed by atoms with Crippen molar-refractivity contribution in [3.05, 3.63) is 75.8 Å². The van der Waals surface area contributed by atoms with E-state index >= 15 is 0 Å². The maximum absolute atomic E-state index is 13.3. The summed E-state index contributed by atoms with van der Waals surface area (Å²) >= 11 is 0. The van der Waals surface area contributed by atoms with Crippen molar-refractivity contribution in [2.75, 3.05) is 14.2 Å². The number of ether oxygens (including phenoxy) is 2. The second-order valence-corrected chi connectivity index (χ2v) is 5.92. The quantitative estimate of drug-likeness (QED) is 0.358. The molecule has 30 heavy (non-hydrogen) atoms. The van der Waals surface area contributed by atoms with E-state index in [1.165, 1.54) is 50.8 Å². The zero-order valence-electron chi connectivity index (χ0n) is 15.9. The highest BCUT2D eigenvalue weighted by Crippen LogP contribution is 2.31. The maximum Gasteiger partial charge on any atom is 0.283 e. The fraction of sp³-hybridized carbons (Fsp3) is 0.100. The van der Waals surface area contributed by atoms with Crippen molar-refractivity contribution in [1.29, 1.82) is 0 Å². The van der Waals surface area contributed by atoms with Crippen LogP contribution in [0.4, 0.5) is 10.1 Å². The highest BCUT2D eigenvalue weighted by Gasteiger charge is 2.19. The van der Waals surface area contributed by atoms with E-state index < -0.39 is 22.3 Å². The lowest BCUT2D eigenvalue weighted by Crippen LogP contribution is -2.17. The minimum Gasteiger partial charge on any atom is -0.497 e. The number of carbonyl (C=O) groups is 1. The van der Waals surface area contributed by atoms with Crippen LogP contribution in [-0.2, 0) is 0 Å². The smallest absolute Gasteiger partial charge is 0.283 e. The molecule has 0 saturated carbocycles. The predicted octanol–water partition coefficient (Wildman–Crippen LogP) is 3.78. The molecule has 1 aromatic heterocycles. The first-order chi connectivity index (χ1) is 14.4. The SMILES string of the molecule is COc1cc(OC)cc(C(=O)N/N=C\c2ccc(-c3ccc(F)cc3[N+](=O)[O-])o2)c1. The average Bonchev–Trinajstić information content (AvgIpc) is 3.21. The van der Waals surface area contributed by atoms with Gasteiger partial charge in [0.1, 0.15) is 28.8 Å². The molecule has 154 valence electrons. The number of amides is 1. The number of hydrazone groups is 1. The molecule has 1 N–H and O–H groups in total. The van der Waals surface area contributed by atoms with Gasteiger partial charge in [0.2, 0.25) is 0 Å². The van der Waals surface area contributed by atoms with Gasteiger partial charge in [0.25, 0.3) is 11.6 Å². The minimum atomic E-state index is -0.726. The zero-order chi connectivity index (χ0) is 21.7. The number of hydrogen-bond donors (Lipinski definition) is 1. The summed E-state index contributed by atoms with van der Waals surface area (Å²) in [6.07, 6.45) is 1.23. The summed E-state index contributed by atoms with van der Waals surface area (Å²) in [6.45, 7) is 0. The van der Waals surface area contributed by atoms with Crippen LogP contribution in [0, 0.1) is 15.9 Å². The molecule has 1 heterocycles. The summed E-state index contributed by atoms with van der Waals surface area (Å²) in [4.78, 5) is 22.7. The van der Waals surface area contributed by atoms with Gasteiger partial charge in [0.15, 0.2) is 0 Å². The zero-order valence-corrected chi connectivity index (χ0v) is 15.9. The van der Waals surface area contributed by atoms with Gasteiger partial charge in [0, 0.05) is 11.6 Å². The van der Waals surface area contributed by atoms with Crippen LogP contribution in [0.3, 0.4) is 0 Å². The van der Waals surface area contributed by atoms with Crippen LogP contribution in [0.25, 0.3) is 11.3 Å². The molecule has 0 saturated heterocycles. The standard InChI is InChI=1S/C20H16FN3O6/c1-28-15-7-12(8-16(10-15)29-2)20(25)23-22-11-14-4-6-19(30-14)17-5-3-13(21)9-18(17)24(26)27/h3-11H,1-2H3,(H,23,25)/b22-11-. The van der Waals surface area contributed by atoms with Gasteiger partial charge in [0.05, 0.1) is 37.0 Å². The van der Waals surface area contributed by atoms with Crippen LogP contribution in [0.15, 0.2) is 58.0 Å². The number of nitrogens with zero attached hydrogens (tertiary/aromatic N) is 2. The Morgan fingerprint density at radius 2 is 1.83 bits per heavy atom. The third-order valence-electron chi connectivity index (χ3n) is 4.02. The average molecular weight is 413 g/mol. The molecule has 0 fully saturated rings. The molecule has 0 radical (unpaired) electrons. The molecule has 3 aromatic rings. The van der Waals surface area contributed by atoms with Crippen molar-refractivity contribution in [2.45, 2.75) is 0 Å². The maximum atomic E-state index is 13.3. The van der Waals surface area contributed by atoms with E-state index in [0.717, 1.165) is 12.1 Å². The molecule has 0 atom stereocenters. The van der Waals surface area contributed by atoms with E-state index in [4.69, 9.17) is 13.9 Å². The van der Waals surface area contributed by atoms with Gasteiger partial charge in [-0.15, -0.1) is 0 Å². The molecule has 10 heteroatoms. The molecule has 0 aliphatic heterocycles. The van der Waals surface area contributed by atoms with Gasteiger partial charge in [-0.25, -0.2) is 9.82 Å². The van der Waals surface area contributed by atoms with E-state index in [9.17, 15) is 19.3 Å². The molecule has 2 aromatic carbocycles. The largest absolute Gasteiger partial charge is 0.497 e. The van der Waals surface area contributed by atoms with Crippen molar-refractivity contribution < 1.29 is 28.0 Å². The lowest BCUT2D eigenvalue weighted by atomic mass is 10.1. The van der Waals surface area contributed by atoms with E-state index in [-0.39, 0.29) is 22.6 Å². The van der Waals surface area contributed by atoms with Crippen molar-refractivity contribution >= 4 is 17.8 Å². The third-order valence-corrected chi connectivity index (χ3v) is 4.02. The molecule has 0 aliphatic rings. The Morgan fingerprint density at radius 1 is 1.13 bits per heavy atom. The number of methoxy groups -OCH3 is 2. The molecule has 0 bridgehead atoms. The summed E-state index contributed by atoms with van der Waals surface area (Å²) in [7, 11) is 2.93. The number of nitro benzene ring substituents is 1. The number of nitrogens with one attached hydrogen (secondary N) is 1. The van der Waals surface area contributed by atoms with Crippen LogP contribution < -0.4 is 14.9 Å². The first kappa shape index (κ1) is 20.5. The molecule has 3 rings (SSSR count). The molecule has 1 amide bonds. The Kier molecular flexibility index (Phi) is 6.06. The lowest BCUT2D eigenvalue weighted by Gasteiger charge is -2.07. The third kappa shape index (κ3) is 4.61. The number of nitro groups is 1. The number of hydrogen-bond acceptors (Lipinski definition) is 7. The molecular formula is C20H16FN3O6. The van der Waals surface area contributed by atoms with Gasteiger partial charge in [-0.3, -0.25) is 14.9 Å². The normalized spacial score (nSPS) is 10.8. The Labute approximate surface area is 169 Å². The van der Waals surface area contributed by atoms with Crippen LogP contribution in [-0.4, -0.2) is 31.3 Å². The van der Waals surface area contributed by atoms with Crippen LogP contribution in [0.1, 0.15) is 16.1 Å². The Balaban J connectivity index is 1.74. The summed E-state index contributed by atoms with van der Waals surface area (Å²) in [5.41, 5.74) is 2.30. The van der Waals surface area contributed by atoms with E-state index in [0.29, 0.717) is 11.5 Å². The fourth-order valence-corrected chi connectivity index (χ4v) is 2.59. The van der Waals surface area contributed by atoms with Gasteiger partial charge < -0.3 is 13.9 Å². The van der Waals surface area contributed by atoms with Crippen molar-refractivity contribution in [3.63, 3.8) is 0 Å². The van der Waals surface area contributed by atoms with Gasteiger partial charge >= 0.3 is 0 Å². The van der Waals surface area contributed by atoms with E-state index in [1.54, 1.807) is 6.07 Å².